The number of ether oxygens (including phenoxy) is 1. The molecular formula is C19H23NO4. The van der Waals surface area contributed by atoms with Gasteiger partial charge in [-0.05, 0) is 42.7 Å². The van der Waals surface area contributed by atoms with Crippen LogP contribution in [0.5, 0.6) is 5.75 Å². The van der Waals surface area contributed by atoms with Gasteiger partial charge in [0.15, 0.2) is 0 Å². The van der Waals surface area contributed by atoms with Gasteiger partial charge in [-0.25, -0.2) is 0 Å². The highest BCUT2D eigenvalue weighted by Gasteiger charge is 2.05. The molecule has 0 aliphatic heterocycles. The normalized spacial score (nSPS) is 11.7. The van der Waals surface area contributed by atoms with Gasteiger partial charge >= 0.3 is 5.97 Å². The fraction of sp³-hybridized carbons (Fsp3) is 0.316. The SMILES string of the molecule is O=C(O)CCCc1ccc(NC(O)CCOc2ccccc2)cc1. The Hall–Kier alpha value is -2.53. The van der Waals surface area contributed by atoms with E-state index in [9.17, 15) is 9.90 Å². The number of hydrogen-bond donors (Lipinski definition) is 3. The Morgan fingerprint density at radius 1 is 1.08 bits per heavy atom. The lowest BCUT2D eigenvalue weighted by Gasteiger charge is -2.15. The van der Waals surface area contributed by atoms with E-state index in [1.54, 1.807) is 0 Å². The Morgan fingerprint density at radius 3 is 2.46 bits per heavy atom. The van der Waals surface area contributed by atoms with Crippen molar-refractivity contribution in [3.05, 3.63) is 60.2 Å². The molecule has 0 fully saturated rings. The highest BCUT2D eigenvalue weighted by Crippen LogP contribution is 2.14. The van der Waals surface area contributed by atoms with Crippen LogP contribution in [0.25, 0.3) is 0 Å². The van der Waals surface area contributed by atoms with Gasteiger partial charge in [0.05, 0.1) is 6.61 Å². The summed E-state index contributed by atoms with van der Waals surface area (Å²) >= 11 is 0. The number of anilines is 1. The van der Waals surface area contributed by atoms with E-state index in [1.165, 1.54) is 0 Å². The van der Waals surface area contributed by atoms with Crippen molar-refractivity contribution in [3.63, 3.8) is 0 Å². The molecule has 24 heavy (non-hydrogen) atoms. The molecule has 0 aliphatic rings. The number of rotatable bonds is 10. The van der Waals surface area contributed by atoms with Crippen molar-refractivity contribution in [2.24, 2.45) is 0 Å². The average molecular weight is 329 g/mol. The summed E-state index contributed by atoms with van der Waals surface area (Å²) in [4.78, 5) is 10.5. The van der Waals surface area contributed by atoms with Crippen LogP contribution in [0.15, 0.2) is 54.6 Å². The number of para-hydroxylation sites is 1. The second-order valence-electron chi connectivity index (χ2n) is 5.55. The Morgan fingerprint density at radius 2 is 1.79 bits per heavy atom. The van der Waals surface area contributed by atoms with E-state index in [0.29, 0.717) is 19.4 Å². The quantitative estimate of drug-likeness (QED) is 0.583. The molecule has 0 aliphatic carbocycles. The third kappa shape index (κ3) is 6.71. The van der Waals surface area contributed by atoms with Gasteiger partial charge < -0.3 is 20.3 Å². The van der Waals surface area contributed by atoms with Crippen LogP contribution in [0, 0.1) is 0 Å². The molecule has 0 bridgehead atoms. The Labute approximate surface area is 141 Å². The molecule has 0 spiro atoms. The minimum atomic E-state index is -0.769. The minimum absolute atomic E-state index is 0.181. The summed E-state index contributed by atoms with van der Waals surface area (Å²) in [5.74, 6) is 0.0181. The summed E-state index contributed by atoms with van der Waals surface area (Å²) in [6.07, 6.45) is 1.32. The van der Waals surface area contributed by atoms with Crippen LogP contribution in [0.4, 0.5) is 5.69 Å². The number of aryl methyl sites for hydroxylation is 1. The summed E-state index contributed by atoms with van der Waals surface area (Å²) in [6, 6.07) is 17.1. The van der Waals surface area contributed by atoms with Crippen molar-refractivity contribution in [1.29, 1.82) is 0 Å². The molecule has 5 heteroatoms. The first-order chi connectivity index (χ1) is 11.6. The molecule has 0 aromatic heterocycles. The molecule has 5 nitrogen and oxygen atoms in total. The number of nitrogens with one attached hydrogen (secondary N) is 1. The molecule has 2 rings (SSSR count). The maximum Gasteiger partial charge on any atom is 0.303 e. The van der Waals surface area contributed by atoms with Gasteiger partial charge in [-0.2, -0.15) is 0 Å². The molecule has 2 aromatic carbocycles. The van der Waals surface area contributed by atoms with Crippen LogP contribution >= 0.6 is 0 Å². The second kappa shape index (κ2) is 9.57. The van der Waals surface area contributed by atoms with Gasteiger partial charge in [-0.1, -0.05) is 30.3 Å². The van der Waals surface area contributed by atoms with Gasteiger partial charge in [-0.3, -0.25) is 4.79 Å². The molecule has 128 valence electrons. The fourth-order valence-electron chi connectivity index (χ4n) is 2.28. The first-order valence-corrected chi connectivity index (χ1v) is 8.06. The van der Waals surface area contributed by atoms with Crippen LogP contribution in [-0.4, -0.2) is 29.0 Å². The molecular weight excluding hydrogens is 306 g/mol. The van der Waals surface area contributed by atoms with Crippen LogP contribution in [-0.2, 0) is 11.2 Å². The standard InChI is InChI=1S/C19H23NO4/c21-18(13-14-24-17-6-2-1-3-7-17)20-16-11-9-15(10-12-16)5-4-8-19(22)23/h1-3,6-7,9-12,18,20-21H,4-5,8,13-14H2,(H,22,23). The molecule has 2 aromatic rings. The summed E-state index contributed by atoms with van der Waals surface area (Å²) in [7, 11) is 0. The smallest absolute Gasteiger partial charge is 0.303 e. The summed E-state index contributed by atoms with van der Waals surface area (Å²) in [6.45, 7) is 0.422. The number of aliphatic hydroxyl groups excluding tert-OH is 1. The topological polar surface area (TPSA) is 78.8 Å². The second-order valence-corrected chi connectivity index (χ2v) is 5.55. The lowest BCUT2D eigenvalue weighted by Crippen LogP contribution is -2.21. The number of hydrogen-bond acceptors (Lipinski definition) is 4. The lowest BCUT2D eigenvalue weighted by molar-refractivity contribution is -0.137. The monoisotopic (exact) mass is 329 g/mol. The van der Waals surface area contributed by atoms with Crippen LogP contribution < -0.4 is 10.1 Å². The molecule has 0 saturated carbocycles. The molecule has 0 amide bonds. The fourth-order valence-corrected chi connectivity index (χ4v) is 2.28. The van der Waals surface area contributed by atoms with Crippen molar-refractivity contribution in [1.82, 2.24) is 0 Å². The zero-order valence-corrected chi connectivity index (χ0v) is 13.5. The highest BCUT2D eigenvalue weighted by atomic mass is 16.5. The third-order valence-electron chi connectivity index (χ3n) is 3.55. The van der Waals surface area contributed by atoms with Crippen molar-refractivity contribution < 1.29 is 19.7 Å². The zero-order chi connectivity index (χ0) is 17.2. The summed E-state index contributed by atoms with van der Waals surface area (Å²) in [5, 5.41) is 21.6. The minimum Gasteiger partial charge on any atom is -0.493 e. The van der Waals surface area contributed by atoms with Gasteiger partial charge in [0.2, 0.25) is 0 Å². The van der Waals surface area contributed by atoms with Crippen molar-refractivity contribution in [2.45, 2.75) is 31.9 Å². The Bertz CT molecular complexity index is 613. The van der Waals surface area contributed by atoms with E-state index in [-0.39, 0.29) is 6.42 Å². The summed E-state index contributed by atoms with van der Waals surface area (Å²) < 4.78 is 5.55. The molecule has 3 N–H and O–H groups in total. The van der Waals surface area contributed by atoms with Gasteiger partial charge in [-0.15, -0.1) is 0 Å². The molecule has 0 heterocycles. The van der Waals surface area contributed by atoms with E-state index in [2.05, 4.69) is 5.32 Å². The van der Waals surface area contributed by atoms with E-state index < -0.39 is 12.2 Å². The maximum absolute atomic E-state index is 10.5. The van der Waals surface area contributed by atoms with E-state index in [1.807, 2.05) is 54.6 Å². The number of benzene rings is 2. The predicted octanol–water partition coefficient (Wildman–Crippen LogP) is 3.29. The number of carboxylic acid groups (broad SMARTS) is 1. The largest absolute Gasteiger partial charge is 0.493 e. The molecule has 0 radical (unpaired) electrons. The molecule has 1 unspecified atom stereocenters. The number of aliphatic hydroxyl groups is 1. The third-order valence-corrected chi connectivity index (χ3v) is 3.55. The van der Waals surface area contributed by atoms with Crippen molar-refractivity contribution >= 4 is 11.7 Å². The Balaban J connectivity index is 1.69. The first kappa shape index (κ1) is 17.8. The van der Waals surface area contributed by atoms with E-state index in [0.717, 1.165) is 23.4 Å². The van der Waals surface area contributed by atoms with E-state index in [4.69, 9.17) is 9.84 Å². The van der Waals surface area contributed by atoms with Gasteiger partial charge in [0.25, 0.3) is 0 Å². The van der Waals surface area contributed by atoms with Crippen LogP contribution in [0.3, 0.4) is 0 Å². The van der Waals surface area contributed by atoms with E-state index >= 15 is 0 Å². The highest BCUT2D eigenvalue weighted by molar-refractivity contribution is 5.66. The summed E-state index contributed by atoms with van der Waals surface area (Å²) in [5.41, 5.74) is 1.91. The zero-order valence-electron chi connectivity index (χ0n) is 13.5. The average Bonchev–Trinajstić information content (AvgIpc) is 2.57. The maximum atomic E-state index is 10.5. The molecule has 0 saturated heterocycles. The van der Waals surface area contributed by atoms with Crippen LogP contribution in [0.2, 0.25) is 0 Å². The van der Waals surface area contributed by atoms with Gasteiger partial charge in [0, 0.05) is 18.5 Å². The Kier molecular flexibility index (Phi) is 7.11. The predicted molar refractivity (Wildman–Crippen MR) is 93.2 cm³/mol. The van der Waals surface area contributed by atoms with Crippen LogP contribution in [0.1, 0.15) is 24.8 Å². The first-order valence-electron chi connectivity index (χ1n) is 8.06. The molecule has 1 atom stereocenters. The number of carbonyl (C=O) groups is 1. The van der Waals surface area contributed by atoms with Crippen molar-refractivity contribution in [3.8, 4) is 5.75 Å². The van der Waals surface area contributed by atoms with Crippen molar-refractivity contribution in [2.75, 3.05) is 11.9 Å². The number of aliphatic carboxylic acids is 1. The van der Waals surface area contributed by atoms with Gasteiger partial charge in [0.1, 0.15) is 12.0 Å². The number of carboxylic acids is 1. The lowest BCUT2D eigenvalue weighted by atomic mass is 10.1.